The molecule has 5 heteroatoms. The Morgan fingerprint density at radius 2 is 2.00 bits per heavy atom. The fourth-order valence-corrected chi connectivity index (χ4v) is 1.78. The average Bonchev–Trinajstić information content (AvgIpc) is 2.42. The Hall–Kier alpha value is -1.30. The molecule has 0 unspecified atom stereocenters. The van der Waals surface area contributed by atoms with Crippen molar-refractivity contribution in [3.8, 4) is 11.5 Å². The summed E-state index contributed by atoms with van der Waals surface area (Å²) in [5.41, 5.74) is 0.112. The molecule has 120 valence electrons. The van der Waals surface area contributed by atoms with Gasteiger partial charge in [-0.15, -0.1) is 0 Å². The van der Waals surface area contributed by atoms with Crippen LogP contribution in [0.5, 0.6) is 11.5 Å². The molecular formula is C16H27NO4. The number of methoxy groups -OCH3 is 1. The standard InChI is InChI=1S/C16H27NO4/c1-5-20-14-8-6-7-13(11-17-9-10-19-4)15(14)21-12-16(2,3)18/h6-8,17-18H,5,9-12H2,1-4H3. The molecule has 0 atom stereocenters. The van der Waals surface area contributed by atoms with E-state index < -0.39 is 5.60 Å². The highest BCUT2D eigenvalue weighted by molar-refractivity contribution is 5.46. The molecule has 21 heavy (non-hydrogen) atoms. The molecule has 1 aromatic rings. The summed E-state index contributed by atoms with van der Waals surface area (Å²) in [7, 11) is 1.68. The maximum atomic E-state index is 9.84. The third-order valence-corrected chi connectivity index (χ3v) is 2.73. The molecule has 0 radical (unpaired) electrons. The minimum atomic E-state index is -0.889. The van der Waals surface area contributed by atoms with Gasteiger partial charge in [-0.05, 0) is 26.8 Å². The predicted molar refractivity (Wildman–Crippen MR) is 83.0 cm³/mol. The minimum absolute atomic E-state index is 0.210. The van der Waals surface area contributed by atoms with Crippen LogP contribution < -0.4 is 14.8 Å². The van der Waals surface area contributed by atoms with Crippen molar-refractivity contribution in [2.24, 2.45) is 0 Å². The smallest absolute Gasteiger partial charge is 0.165 e. The van der Waals surface area contributed by atoms with E-state index in [-0.39, 0.29) is 6.61 Å². The van der Waals surface area contributed by atoms with Gasteiger partial charge in [0.15, 0.2) is 11.5 Å². The quantitative estimate of drug-likeness (QED) is 0.647. The zero-order valence-electron chi connectivity index (χ0n) is 13.4. The van der Waals surface area contributed by atoms with Gasteiger partial charge >= 0.3 is 0 Å². The first-order valence-corrected chi connectivity index (χ1v) is 7.27. The molecule has 0 aliphatic heterocycles. The van der Waals surface area contributed by atoms with Crippen molar-refractivity contribution >= 4 is 0 Å². The van der Waals surface area contributed by atoms with Crippen LogP contribution in [0.2, 0.25) is 0 Å². The molecule has 1 aromatic carbocycles. The fraction of sp³-hybridized carbons (Fsp3) is 0.625. The van der Waals surface area contributed by atoms with Crippen molar-refractivity contribution in [3.63, 3.8) is 0 Å². The monoisotopic (exact) mass is 297 g/mol. The van der Waals surface area contributed by atoms with Crippen LogP contribution in [0.25, 0.3) is 0 Å². The molecule has 0 heterocycles. The molecular weight excluding hydrogens is 270 g/mol. The third kappa shape index (κ3) is 6.80. The van der Waals surface area contributed by atoms with Gasteiger partial charge in [0, 0.05) is 25.8 Å². The normalized spacial score (nSPS) is 11.5. The summed E-state index contributed by atoms with van der Waals surface area (Å²) in [5.74, 6) is 1.39. The lowest BCUT2D eigenvalue weighted by Gasteiger charge is -2.21. The average molecular weight is 297 g/mol. The molecule has 2 N–H and O–H groups in total. The van der Waals surface area contributed by atoms with Gasteiger partial charge in [-0.3, -0.25) is 0 Å². The van der Waals surface area contributed by atoms with Gasteiger partial charge in [0.25, 0.3) is 0 Å². The SMILES string of the molecule is CCOc1cccc(CNCCOC)c1OCC(C)(C)O. The predicted octanol–water partition coefficient (Wildman–Crippen LogP) is 1.97. The highest BCUT2D eigenvalue weighted by Gasteiger charge is 2.17. The number of rotatable bonds is 10. The van der Waals surface area contributed by atoms with E-state index in [0.29, 0.717) is 31.3 Å². The van der Waals surface area contributed by atoms with Crippen molar-refractivity contribution in [2.45, 2.75) is 32.9 Å². The van der Waals surface area contributed by atoms with Crippen molar-refractivity contribution < 1.29 is 19.3 Å². The van der Waals surface area contributed by atoms with E-state index in [9.17, 15) is 5.11 Å². The molecule has 0 saturated carbocycles. The Kier molecular flexibility index (Phi) is 7.50. The van der Waals surface area contributed by atoms with Crippen LogP contribution in [0.1, 0.15) is 26.3 Å². The summed E-state index contributed by atoms with van der Waals surface area (Å²) < 4.78 is 16.4. The molecule has 5 nitrogen and oxygen atoms in total. The van der Waals surface area contributed by atoms with Crippen LogP contribution in [0.3, 0.4) is 0 Å². The lowest BCUT2D eigenvalue weighted by atomic mass is 10.1. The summed E-state index contributed by atoms with van der Waals surface area (Å²) in [5, 5.41) is 13.1. The van der Waals surface area contributed by atoms with Crippen molar-refractivity contribution in [1.29, 1.82) is 0 Å². The highest BCUT2D eigenvalue weighted by Crippen LogP contribution is 2.32. The maximum Gasteiger partial charge on any atom is 0.165 e. The number of aliphatic hydroxyl groups is 1. The second kappa shape index (κ2) is 8.87. The number of hydrogen-bond donors (Lipinski definition) is 2. The van der Waals surface area contributed by atoms with E-state index in [1.54, 1.807) is 21.0 Å². The van der Waals surface area contributed by atoms with Crippen LogP contribution in [0, 0.1) is 0 Å². The molecule has 0 saturated heterocycles. The number of para-hydroxylation sites is 1. The van der Waals surface area contributed by atoms with Crippen molar-refractivity contribution in [2.75, 3.05) is 33.5 Å². The number of nitrogens with one attached hydrogen (secondary N) is 1. The van der Waals surface area contributed by atoms with Gasteiger partial charge in [0.1, 0.15) is 6.61 Å². The van der Waals surface area contributed by atoms with Crippen LogP contribution in [0.4, 0.5) is 0 Å². The van der Waals surface area contributed by atoms with Crippen LogP contribution in [0.15, 0.2) is 18.2 Å². The highest BCUT2D eigenvalue weighted by atomic mass is 16.5. The van der Waals surface area contributed by atoms with E-state index >= 15 is 0 Å². The van der Waals surface area contributed by atoms with Crippen molar-refractivity contribution in [1.82, 2.24) is 5.32 Å². The Balaban J connectivity index is 2.81. The van der Waals surface area contributed by atoms with E-state index in [1.165, 1.54) is 0 Å². The molecule has 1 rings (SSSR count). The summed E-state index contributed by atoms with van der Waals surface area (Å²) in [4.78, 5) is 0. The van der Waals surface area contributed by atoms with E-state index in [2.05, 4.69) is 5.32 Å². The molecule has 0 aromatic heterocycles. The number of benzene rings is 1. The topological polar surface area (TPSA) is 60.0 Å². The zero-order chi connectivity index (χ0) is 15.7. The molecule has 0 aliphatic carbocycles. The first-order chi connectivity index (χ1) is 9.98. The minimum Gasteiger partial charge on any atom is -0.490 e. The summed E-state index contributed by atoms with van der Waals surface area (Å²) >= 11 is 0. The Bertz CT molecular complexity index is 415. The Morgan fingerprint density at radius 3 is 2.62 bits per heavy atom. The lowest BCUT2D eigenvalue weighted by molar-refractivity contribution is 0.0270. The van der Waals surface area contributed by atoms with E-state index in [0.717, 1.165) is 12.1 Å². The maximum absolute atomic E-state index is 9.84. The number of hydrogen-bond acceptors (Lipinski definition) is 5. The second-order valence-corrected chi connectivity index (χ2v) is 5.45. The Labute approximate surface area is 127 Å². The van der Waals surface area contributed by atoms with Gasteiger partial charge in [-0.25, -0.2) is 0 Å². The van der Waals surface area contributed by atoms with Gasteiger partial charge in [-0.1, -0.05) is 12.1 Å². The van der Waals surface area contributed by atoms with E-state index in [4.69, 9.17) is 14.2 Å². The molecule has 0 amide bonds. The molecule has 0 bridgehead atoms. The van der Waals surface area contributed by atoms with Crippen LogP contribution in [-0.4, -0.2) is 44.2 Å². The van der Waals surface area contributed by atoms with E-state index in [1.807, 2.05) is 25.1 Å². The first kappa shape index (κ1) is 17.8. The van der Waals surface area contributed by atoms with Crippen LogP contribution >= 0.6 is 0 Å². The molecule has 0 spiro atoms. The third-order valence-electron chi connectivity index (χ3n) is 2.73. The molecule has 0 fully saturated rings. The van der Waals surface area contributed by atoms with Gasteiger partial charge in [0.05, 0.1) is 18.8 Å². The lowest BCUT2D eigenvalue weighted by Crippen LogP contribution is -2.28. The largest absolute Gasteiger partial charge is 0.490 e. The zero-order valence-corrected chi connectivity index (χ0v) is 13.4. The van der Waals surface area contributed by atoms with Gasteiger partial charge < -0.3 is 24.6 Å². The van der Waals surface area contributed by atoms with Gasteiger partial charge in [0.2, 0.25) is 0 Å². The Morgan fingerprint density at radius 1 is 1.24 bits per heavy atom. The first-order valence-electron chi connectivity index (χ1n) is 7.27. The van der Waals surface area contributed by atoms with Gasteiger partial charge in [-0.2, -0.15) is 0 Å². The summed E-state index contributed by atoms with van der Waals surface area (Å²) in [6, 6.07) is 5.80. The second-order valence-electron chi connectivity index (χ2n) is 5.45. The summed E-state index contributed by atoms with van der Waals surface area (Å²) in [6.45, 7) is 8.22. The number of ether oxygens (including phenoxy) is 3. The molecule has 0 aliphatic rings. The van der Waals surface area contributed by atoms with Crippen molar-refractivity contribution in [3.05, 3.63) is 23.8 Å². The summed E-state index contributed by atoms with van der Waals surface area (Å²) in [6.07, 6.45) is 0. The fourth-order valence-electron chi connectivity index (χ4n) is 1.78. The van der Waals surface area contributed by atoms with Crippen LogP contribution in [-0.2, 0) is 11.3 Å².